The van der Waals surface area contributed by atoms with E-state index in [4.69, 9.17) is 9.47 Å². The van der Waals surface area contributed by atoms with Gasteiger partial charge in [-0.1, -0.05) is 27.7 Å². The van der Waals surface area contributed by atoms with E-state index in [2.05, 4.69) is 37.7 Å². The minimum Gasteiger partial charge on any atom is -0.497 e. The fraction of sp³-hybridized carbons (Fsp3) is 0.474. The monoisotopic (exact) mass is 374 g/mol. The highest BCUT2D eigenvalue weighted by Crippen LogP contribution is 2.36. The average molecular weight is 374 g/mol. The molecule has 27 heavy (non-hydrogen) atoms. The van der Waals surface area contributed by atoms with E-state index in [1.54, 1.807) is 31.4 Å². The van der Waals surface area contributed by atoms with Gasteiger partial charge < -0.3 is 14.4 Å². The fourth-order valence-corrected chi connectivity index (χ4v) is 2.70. The molecular weight excluding hydrogens is 348 g/mol. The lowest BCUT2D eigenvalue weighted by Crippen LogP contribution is -2.32. The predicted octanol–water partition coefficient (Wildman–Crippen LogP) is 4.30. The number of anilines is 1. The lowest BCUT2D eigenvalue weighted by atomic mass is 10.1. The molecule has 0 saturated carbocycles. The van der Waals surface area contributed by atoms with Crippen molar-refractivity contribution >= 4 is 11.5 Å². The molecule has 1 aromatic carbocycles. The molecule has 2 aromatic rings. The third-order valence-electron chi connectivity index (χ3n) is 3.70. The maximum atomic E-state index is 11.8. The van der Waals surface area contributed by atoms with E-state index in [9.17, 15) is 10.1 Å². The summed E-state index contributed by atoms with van der Waals surface area (Å²) in [5.74, 6) is 1.95. The Bertz CT molecular complexity index is 753. The van der Waals surface area contributed by atoms with Crippen LogP contribution in [0.15, 0.2) is 30.6 Å². The third-order valence-corrected chi connectivity index (χ3v) is 3.70. The maximum absolute atomic E-state index is 11.8. The smallest absolute Gasteiger partial charge is 0.373 e. The molecule has 0 amide bonds. The Kier molecular flexibility index (Phi) is 6.92. The van der Waals surface area contributed by atoms with Crippen LogP contribution in [-0.4, -0.2) is 35.1 Å². The van der Waals surface area contributed by atoms with Gasteiger partial charge >= 0.3 is 11.6 Å². The summed E-state index contributed by atoms with van der Waals surface area (Å²) < 4.78 is 10.8. The van der Waals surface area contributed by atoms with E-state index in [0.717, 1.165) is 0 Å². The zero-order valence-corrected chi connectivity index (χ0v) is 16.4. The number of ether oxygens (including phenoxy) is 2. The van der Waals surface area contributed by atoms with Crippen molar-refractivity contribution in [2.75, 3.05) is 25.1 Å². The van der Waals surface area contributed by atoms with Gasteiger partial charge in [-0.3, -0.25) is 10.1 Å². The first-order chi connectivity index (χ1) is 12.8. The highest BCUT2D eigenvalue weighted by Gasteiger charge is 2.29. The van der Waals surface area contributed by atoms with E-state index in [-0.39, 0.29) is 17.4 Å². The number of rotatable bonds is 9. The van der Waals surface area contributed by atoms with Gasteiger partial charge in [0.25, 0.3) is 0 Å². The summed E-state index contributed by atoms with van der Waals surface area (Å²) in [6, 6.07) is 6.77. The zero-order valence-electron chi connectivity index (χ0n) is 16.4. The van der Waals surface area contributed by atoms with Crippen molar-refractivity contribution in [2.45, 2.75) is 27.7 Å². The molecule has 0 radical (unpaired) electrons. The summed E-state index contributed by atoms with van der Waals surface area (Å²) in [5, 5.41) is 11.8. The number of hydrogen-bond donors (Lipinski definition) is 0. The molecule has 1 aromatic heterocycles. The number of nitro groups is 1. The van der Waals surface area contributed by atoms with Gasteiger partial charge in [-0.2, -0.15) is 4.98 Å². The van der Waals surface area contributed by atoms with Gasteiger partial charge in [-0.15, -0.1) is 0 Å². The molecule has 0 fully saturated rings. The fourth-order valence-electron chi connectivity index (χ4n) is 2.70. The van der Waals surface area contributed by atoms with Gasteiger partial charge in [0.2, 0.25) is 5.82 Å². The van der Waals surface area contributed by atoms with Gasteiger partial charge in [0.1, 0.15) is 17.8 Å². The zero-order chi connectivity index (χ0) is 20.0. The molecule has 1 heterocycles. The minimum absolute atomic E-state index is 0.0762. The van der Waals surface area contributed by atoms with E-state index < -0.39 is 4.92 Å². The third kappa shape index (κ3) is 5.54. The lowest BCUT2D eigenvalue weighted by Gasteiger charge is -2.27. The molecule has 0 bridgehead atoms. The van der Waals surface area contributed by atoms with Crippen molar-refractivity contribution in [3.05, 3.63) is 40.7 Å². The number of methoxy groups -OCH3 is 1. The maximum Gasteiger partial charge on any atom is 0.373 e. The Morgan fingerprint density at radius 1 is 1.04 bits per heavy atom. The second-order valence-electron chi connectivity index (χ2n) is 7.08. The lowest BCUT2D eigenvalue weighted by molar-refractivity contribution is -0.385. The Balaban J connectivity index is 2.43. The molecule has 0 aliphatic rings. The van der Waals surface area contributed by atoms with Crippen LogP contribution in [0.2, 0.25) is 0 Å². The van der Waals surface area contributed by atoms with Crippen LogP contribution in [0.4, 0.5) is 11.5 Å². The molecular formula is C19H26N4O4. The molecule has 0 aliphatic carbocycles. The van der Waals surface area contributed by atoms with Crippen LogP contribution >= 0.6 is 0 Å². The average Bonchev–Trinajstić information content (AvgIpc) is 2.60. The second-order valence-corrected chi connectivity index (χ2v) is 7.08. The first-order valence-electron chi connectivity index (χ1n) is 8.88. The number of benzene rings is 1. The molecule has 0 saturated heterocycles. The first kappa shape index (κ1) is 20.4. The van der Waals surface area contributed by atoms with Crippen LogP contribution in [0.3, 0.4) is 0 Å². The van der Waals surface area contributed by atoms with Crippen molar-refractivity contribution in [3.8, 4) is 17.4 Å². The normalized spacial score (nSPS) is 10.9. The van der Waals surface area contributed by atoms with Gasteiger partial charge in [-0.05, 0) is 36.1 Å². The molecule has 0 spiro atoms. The number of hydrogen-bond acceptors (Lipinski definition) is 7. The molecule has 0 unspecified atom stereocenters. The Morgan fingerprint density at radius 3 is 2.07 bits per heavy atom. The summed E-state index contributed by atoms with van der Waals surface area (Å²) >= 11 is 0. The molecule has 8 nitrogen and oxygen atoms in total. The summed E-state index contributed by atoms with van der Waals surface area (Å²) in [7, 11) is 1.56. The molecule has 0 aliphatic heterocycles. The number of aromatic nitrogens is 2. The van der Waals surface area contributed by atoms with E-state index in [0.29, 0.717) is 36.4 Å². The summed E-state index contributed by atoms with van der Waals surface area (Å²) in [6.07, 6.45) is 1.30. The summed E-state index contributed by atoms with van der Waals surface area (Å²) in [5.41, 5.74) is -0.227. The van der Waals surface area contributed by atoms with Crippen LogP contribution in [0, 0.1) is 22.0 Å². The van der Waals surface area contributed by atoms with Gasteiger partial charge in [-0.25, -0.2) is 4.98 Å². The topological polar surface area (TPSA) is 90.6 Å². The molecule has 0 atom stereocenters. The largest absolute Gasteiger partial charge is 0.497 e. The van der Waals surface area contributed by atoms with Crippen LogP contribution in [0.5, 0.6) is 17.4 Å². The van der Waals surface area contributed by atoms with E-state index in [1.165, 1.54) is 6.33 Å². The van der Waals surface area contributed by atoms with Crippen molar-refractivity contribution in [3.63, 3.8) is 0 Å². The minimum atomic E-state index is -0.484. The standard InChI is InChI=1S/C19H26N4O4/c1-13(2)10-22(11-14(3)4)18-17(23(24)25)19(21-12-20-18)27-16-8-6-15(26-5)7-9-16/h6-9,12-14H,10-11H2,1-5H3. The second kappa shape index (κ2) is 9.16. The molecule has 8 heteroatoms. The van der Waals surface area contributed by atoms with Crippen LogP contribution in [0.1, 0.15) is 27.7 Å². The Morgan fingerprint density at radius 2 is 1.59 bits per heavy atom. The Labute approximate surface area is 159 Å². The van der Waals surface area contributed by atoms with Crippen LogP contribution in [-0.2, 0) is 0 Å². The van der Waals surface area contributed by atoms with Crippen molar-refractivity contribution < 1.29 is 14.4 Å². The first-order valence-corrected chi connectivity index (χ1v) is 8.88. The Hall–Kier alpha value is -2.90. The van der Waals surface area contributed by atoms with E-state index in [1.807, 2.05) is 4.90 Å². The molecule has 146 valence electrons. The van der Waals surface area contributed by atoms with Gasteiger partial charge in [0.15, 0.2) is 0 Å². The quantitative estimate of drug-likeness (QED) is 0.477. The predicted molar refractivity (Wildman–Crippen MR) is 104 cm³/mol. The van der Waals surface area contributed by atoms with Gasteiger partial charge in [0, 0.05) is 13.1 Å². The highest BCUT2D eigenvalue weighted by atomic mass is 16.6. The van der Waals surface area contributed by atoms with E-state index >= 15 is 0 Å². The van der Waals surface area contributed by atoms with Crippen molar-refractivity contribution in [1.29, 1.82) is 0 Å². The molecule has 2 rings (SSSR count). The van der Waals surface area contributed by atoms with Crippen molar-refractivity contribution in [1.82, 2.24) is 9.97 Å². The summed E-state index contributed by atoms with van der Waals surface area (Å²) in [4.78, 5) is 21.5. The molecule has 0 N–H and O–H groups in total. The SMILES string of the molecule is COc1ccc(Oc2ncnc(N(CC(C)C)CC(C)C)c2[N+](=O)[O-])cc1. The summed E-state index contributed by atoms with van der Waals surface area (Å²) in [6.45, 7) is 9.56. The van der Waals surface area contributed by atoms with Crippen LogP contribution in [0.25, 0.3) is 0 Å². The van der Waals surface area contributed by atoms with Crippen LogP contribution < -0.4 is 14.4 Å². The highest BCUT2D eigenvalue weighted by molar-refractivity contribution is 5.63. The van der Waals surface area contributed by atoms with Crippen molar-refractivity contribution in [2.24, 2.45) is 11.8 Å². The van der Waals surface area contributed by atoms with Gasteiger partial charge in [0.05, 0.1) is 12.0 Å². The number of nitrogens with zero attached hydrogens (tertiary/aromatic N) is 4.